The fourth-order valence-electron chi connectivity index (χ4n) is 1.14. The van der Waals surface area contributed by atoms with Gasteiger partial charge in [-0.05, 0) is 15.9 Å². The molecule has 0 bridgehead atoms. The predicted molar refractivity (Wildman–Crippen MR) is 68.9 cm³/mol. The maximum atomic E-state index is 13.0. The van der Waals surface area contributed by atoms with E-state index in [1.54, 1.807) is 0 Å². The average Bonchev–Trinajstić information content (AvgIpc) is 2.34. The minimum Gasteiger partial charge on any atom is -0.377 e. The third-order valence-corrected chi connectivity index (χ3v) is 2.89. The highest BCUT2D eigenvalue weighted by atomic mass is 79.9. The van der Waals surface area contributed by atoms with Crippen LogP contribution in [0.25, 0.3) is 0 Å². The van der Waals surface area contributed by atoms with Gasteiger partial charge in [0.25, 0.3) is 11.5 Å². The molecule has 1 aromatic heterocycles. The van der Waals surface area contributed by atoms with Gasteiger partial charge in [-0.2, -0.15) is 5.10 Å². The molecule has 3 N–H and O–H groups in total. The van der Waals surface area contributed by atoms with Crippen molar-refractivity contribution in [3.63, 3.8) is 0 Å². The molecule has 100 valence electrons. The zero-order valence-corrected chi connectivity index (χ0v) is 11.1. The summed E-state index contributed by atoms with van der Waals surface area (Å²) >= 11 is 3.04. The van der Waals surface area contributed by atoms with Crippen molar-refractivity contribution < 1.29 is 8.78 Å². The van der Waals surface area contributed by atoms with Crippen molar-refractivity contribution in [1.29, 1.82) is 0 Å². The van der Waals surface area contributed by atoms with Gasteiger partial charge < -0.3 is 11.1 Å². The van der Waals surface area contributed by atoms with E-state index in [1.165, 1.54) is 12.3 Å². The van der Waals surface area contributed by atoms with Crippen LogP contribution in [0.3, 0.4) is 0 Å². The molecular weight excluding hydrogens is 310 g/mol. The van der Waals surface area contributed by atoms with Crippen molar-refractivity contribution in [2.24, 2.45) is 5.73 Å². The Kier molecular flexibility index (Phi) is 4.97. The Morgan fingerprint density at radius 2 is 2.33 bits per heavy atom. The summed E-state index contributed by atoms with van der Waals surface area (Å²) in [4.78, 5) is 11.7. The molecule has 0 amide bonds. The van der Waals surface area contributed by atoms with Gasteiger partial charge in [-0.25, -0.2) is 13.5 Å². The summed E-state index contributed by atoms with van der Waals surface area (Å²) in [5.41, 5.74) is 4.69. The molecule has 0 aliphatic carbocycles. The van der Waals surface area contributed by atoms with Gasteiger partial charge in [0.05, 0.1) is 31.5 Å². The van der Waals surface area contributed by atoms with Crippen LogP contribution in [0, 0.1) is 0 Å². The van der Waals surface area contributed by atoms with Gasteiger partial charge in [0.15, 0.2) is 0 Å². The summed E-state index contributed by atoms with van der Waals surface area (Å²) in [6.45, 7) is 2.31. The number of rotatable bonds is 6. The van der Waals surface area contributed by atoms with Gasteiger partial charge in [0, 0.05) is 0 Å². The summed E-state index contributed by atoms with van der Waals surface area (Å²) in [5.74, 6) is -3.03. The molecule has 0 atom stereocenters. The summed E-state index contributed by atoms with van der Waals surface area (Å²) in [5, 5.41) is 6.26. The molecule has 0 aromatic carbocycles. The van der Waals surface area contributed by atoms with E-state index in [0.29, 0.717) is 0 Å². The first-order chi connectivity index (χ1) is 8.41. The number of hydrogen-bond donors (Lipinski definition) is 2. The number of nitrogens with two attached hydrogens (primary N) is 1. The van der Waals surface area contributed by atoms with Crippen molar-refractivity contribution in [1.82, 2.24) is 9.78 Å². The monoisotopic (exact) mass is 322 g/mol. The third kappa shape index (κ3) is 3.61. The molecular formula is C10H13BrF2N4O. The quantitative estimate of drug-likeness (QED) is 0.772. The third-order valence-electron chi connectivity index (χ3n) is 2.12. The highest BCUT2D eigenvalue weighted by Gasteiger charge is 2.26. The minimum absolute atomic E-state index is 0.146. The Morgan fingerprint density at radius 3 is 2.89 bits per heavy atom. The molecule has 8 heteroatoms. The first kappa shape index (κ1) is 14.8. The fraction of sp³-hybridized carbons (Fsp3) is 0.400. The highest BCUT2D eigenvalue weighted by molar-refractivity contribution is 9.10. The summed E-state index contributed by atoms with van der Waals surface area (Å²) in [7, 11) is 0. The van der Waals surface area contributed by atoms with Crippen LogP contribution in [-0.2, 0) is 6.54 Å². The maximum Gasteiger partial charge on any atom is 0.283 e. The van der Waals surface area contributed by atoms with Gasteiger partial charge in [-0.1, -0.05) is 6.08 Å². The highest BCUT2D eigenvalue weighted by Crippen LogP contribution is 2.18. The van der Waals surface area contributed by atoms with Crippen molar-refractivity contribution in [2.45, 2.75) is 12.5 Å². The molecule has 1 rings (SSSR count). The molecule has 0 aliphatic rings. The van der Waals surface area contributed by atoms with Crippen LogP contribution in [0.4, 0.5) is 14.5 Å². The maximum absolute atomic E-state index is 13.0. The molecule has 0 fully saturated rings. The Bertz CT molecular complexity index is 489. The lowest BCUT2D eigenvalue weighted by molar-refractivity contribution is 0.0253. The fourth-order valence-corrected chi connectivity index (χ4v) is 1.58. The Hall–Kier alpha value is -1.28. The molecule has 0 spiro atoms. The number of aromatic nitrogens is 2. The van der Waals surface area contributed by atoms with E-state index in [2.05, 4.69) is 32.9 Å². The molecule has 0 aliphatic heterocycles. The second kappa shape index (κ2) is 6.05. The van der Waals surface area contributed by atoms with E-state index >= 15 is 0 Å². The largest absolute Gasteiger partial charge is 0.377 e. The molecule has 1 aromatic rings. The minimum atomic E-state index is -3.03. The first-order valence-electron chi connectivity index (χ1n) is 5.09. The van der Waals surface area contributed by atoms with Crippen molar-refractivity contribution in [3.8, 4) is 0 Å². The molecule has 1 heterocycles. The van der Waals surface area contributed by atoms with Crippen LogP contribution < -0.4 is 16.6 Å². The number of allylic oxidation sites excluding steroid dienone is 1. The average molecular weight is 323 g/mol. The van der Waals surface area contributed by atoms with Crippen molar-refractivity contribution in [2.75, 3.05) is 18.4 Å². The van der Waals surface area contributed by atoms with Gasteiger partial charge in [-0.3, -0.25) is 4.79 Å². The predicted octanol–water partition coefficient (Wildman–Crippen LogP) is 1.20. The second-order valence-electron chi connectivity index (χ2n) is 3.56. The van der Waals surface area contributed by atoms with E-state index in [9.17, 15) is 13.6 Å². The lowest BCUT2D eigenvalue weighted by Gasteiger charge is -2.16. The van der Waals surface area contributed by atoms with Crippen LogP contribution in [0.15, 0.2) is 28.1 Å². The number of alkyl halides is 2. The van der Waals surface area contributed by atoms with Gasteiger partial charge in [0.1, 0.15) is 4.47 Å². The lowest BCUT2D eigenvalue weighted by Crippen LogP contribution is -2.36. The van der Waals surface area contributed by atoms with E-state index in [1.807, 2.05) is 0 Å². The molecule has 0 radical (unpaired) electrons. The first-order valence-corrected chi connectivity index (χ1v) is 5.89. The topological polar surface area (TPSA) is 72.9 Å². The molecule has 5 nitrogen and oxygen atoms in total. The molecule has 0 unspecified atom stereocenters. The summed E-state index contributed by atoms with van der Waals surface area (Å²) in [6, 6.07) is 0. The zero-order chi connectivity index (χ0) is 13.8. The van der Waals surface area contributed by atoms with Gasteiger partial charge >= 0.3 is 0 Å². The number of nitrogens with zero attached hydrogens (tertiary/aromatic N) is 2. The van der Waals surface area contributed by atoms with Crippen LogP contribution in [-0.4, -0.2) is 28.8 Å². The van der Waals surface area contributed by atoms with E-state index < -0.39 is 24.6 Å². The molecule has 18 heavy (non-hydrogen) atoms. The molecule has 0 saturated heterocycles. The van der Waals surface area contributed by atoms with E-state index in [-0.39, 0.29) is 16.7 Å². The number of hydrogen-bond acceptors (Lipinski definition) is 4. The second-order valence-corrected chi connectivity index (χ2v) is 4.35. The van der Waals surface area contributed by atoms with Crippen LogP contribution in [0.1, 0.15) is 0 Å². The van der Waals surface area contributed by atoms with Crippen molar-refractivity contribution in [3.05, 3.63) is 33.7 Å². The Balaban J connectivity index is 2.89. The Morgan fingerprint density at radius 1 is 1.67 bits per heavy atom. The standard InChI is InChI=1S/C10H13BrF2N4O/c1-2-3-17-9(18)8(11)7(4-16-17)15-6-10(12,13)5-14/h2,4,15H,1,3,5-6,14H2. The smallest absolute Gasteiger partial charge is 0.283 e. The normalized spacial score (nSPS) is 11.3. The zero-order valence-electron chi connectivity index (χ0n) is 9.50. The van der Waals surface area contributed by atoms with Crippen LogP contribution in [0.5, 0.6) is 0 Å². The Labute approximate surface area is 111 Å². The number of nitrogens with one attached hydrogen (secondary N) is 1. The van der Waals surface area contributed by atoms with E-state index in [0.717, 1.165) is 4.68 Å². The number of anilines is 1. The van der Waals surface area contributed by atoms with Crippen LogP contribution >= 0.6 is 15.9 Å². The summed E-state index contributed by atoms with van der Waals surface area (Å²) < 4.78 is 27.2. The van der Waals surface area contributed by atoms with E-state index in [4.69, 9.17) is 5.73 Å². The van der Waals surface area contributed by atoms with Crippen molar-refractivity contribution >= 4 is 21.6 Å². The molecule has 0 saturated carbocycles. The lowest BCUT2D eigenvalue weighted by atomic mass is 10.3. The number of halogens is 3. The summed E-state index contributed by atoms with van der Waals surface area (Å²) in [6.07, 6.45) is 2.80. The SMILES string of the molecule is C=CCn1ncc(NCC(F)(F)CN)c(Br)c1=O. The van der Waals surface area contributed by atoms with Crippen LogP contribution in [0.2, 0.25) is 0 Å². The van der Waals surface area contributed by atoms with Gasteiger partial charge in [-0.15, -0.1) is 6.58 Å². The van der Waals surface area contributed by atoms with Gasteiger partial charge in [0.2, 0.25) is 0 Å².